The Kier molecular flexibility index (Phi) is 7.25. The zero-order valence-corrected chi connectivity index (χ0v) is 21.9. The lowest BCUT2D eigenvalue weighted by atomic mass is 9.90. The molecule has 6 nitrogen and oxygen atoms in total. The van der Waals surface area contributed by atoms with E-state index in [1.54, 1.807) is 0 Å². The molecule has 0 aromatic heterocycles. The van der Waals surface area contributed by atoms with Gasteiger partial charge in [-0.1, -0.05) is 54.1 Å². The number of sulfonamides is 1. The molecule has 37 heavy (non-hydrogen) atoms. The van der Waals surface area contributed by atoms with E-state index in [2.05, 4.69) is 23.1 Å². The minimum atomic E-state index is -3.80. The van der Waals surface area contributed by atoms with Crippen LogP contribution in [0.4, 0.5) is 4.39 Å². The number of carbonyl (C=O) groups is 1. The summed E-state index contributed by atoms with van der Waals surface area (Å²) < 4.78 is 45.5. The molecule has 3 aromatic carbocycles. The van der Waals surface area contributed by atoms with E-state index in [9.17, 15) is 17.6 Å². The average molecular weight is 543 g/mol. The van der Waals surface area contributed by atoms with Crippen molar-refractivity contribution >= 4 is 27.5 Å². The molecule has 9 heteroatoms. The maximum absolute atomic E-state index is 14.8. The van der Waals surface area contributed by atoms with E-state index in [1.165, 1.54) is 17.7 Å². The third kappa shape index (κ3) is 6.14. The predicted octanol–water partition coefficient (Wildman–Crippen LogP) is 5.15. The average Bonchev–Trinajstić information content (AvgIpc) is 3.65. The molecule has 1 heterocycles. The topological polar surface area (TPSA) is 75.7 Å². The number of hydrogen-bond donors (Lipinski definition) is 1. The third-order valence-corrected chi connectivity index (χ3v) is 7.54. The second-order valence-corrected chi connectivity index (χ2v) is 12.0. The maximum atomic E-state index is 14.8. The minimum Gasteiger partial charge on any atom is -0.493 e. The SMILES string of the molecule is CS(=O)(=O)NC(=O)c1cc(C2CC2)c(OCC2CN(C(c3ccccc3)c3cccc(Cl)c3)C2)cc1F. The predicted molar refractivity (Wildman–Crippen MR) is 141 cm³/mol. The lowest BCUT2D eigenvalue weighted by Crippen LogP contribution is -2.51. The van der Waals surface area contributed by atoms with Crippen LogP contribution >= 0.6 is 11.6 Å². The number of nitrogens with zero attached hydrogens (tertiary/aromatic N) is 1. The Labute approximate surface area is 221 Å². The Hall–Kier alpha value is -2.94. The van der Waals surface area contributed by atoms with Crippen molar-refractivity contribution in [3.05, 3.63) is 99.8 Å². The van der Waals surface area contributed by atoms with Gasteiger partial charge in [0.15, 0.2) is 0 Å². The van der Waals surface area contributed by atoms with Crippen molar-refractivity contribution in [3.8, 4) is 5.75 Å². The van der Waals surface area contributed by atoms with Crippen molar-refractivity contribution in [2.75, 3.05) is 26.0 Å². The van der Waals surface area contributed by atoms with Crippen molar-refractivity contribution in [1.82, 2.24) is 9.62 Å². The molecule has 1 saturated carbocycles. The summed E-state index contributed by atoms with van der Waals surface area (Å²) in [6, 6.07) is 20.9. The Bertz CT molecular complexity index is 1410. The molecule has 1 N–H and O–H groups in total. The molecule has 1 unspecified atom stereocenters. The second kappa shape index (κ2) is 10.4. The molecule has 3 aromatic rings. The van der Waals surface area contributed by atoms with E-state index in [0.29, 0.717) is 17.4 Å². The molecule has 1 aliphatic carbocycles. The zero-order chi connectivity index (χ0) is 26.2. The van der Waals surface area contributed by atoms with Gasteiger partial charge in [0.25, 0.3) is 5.91 Å². The number of ether oxygens (including phenoxy) is 1. The van der Waals surface area contributed by atoms with Crippen LogP contribution in [0, 0.1) is 11.7 Å². The summed E-state index contributed by atoms with van der Waals surface area (Å²) in [6.45, 7) is 2.03. The van der Waals surface area contributed by atoms with Crippen molar-refractivity contribution in [1.29, 1.82) is 0 Å². The Morgan fingerprint density at radius 3 is 2.43 bits per heavy atom. The normalized spacial score (nSPS) is 17.2. The highest BCUT2D eigenvalue weighted by molar-refractivity contribution is 7.89. The molecular weight excluding hydrogens is 515 g/mol. The van der Waals surface area contributed by atoms with Gasteiger partial charge in [0.05, 0.1) is 24.5 Å². The molecule has 1 saturated heterocycles. The largest absolute Gasteiger partial charge is 0.493 e. The standard InChI is InChI=1S/C28H28ClFN2O4S/c1-37(34,35)31-28(33)24-13-23(19-10-11-19)26(14-25(24)30)36-17-18-15-32(16-18)27(20-6-3-2-4-7-20)21-8-5-9-22(29)12-21/h2-9,12-14,18-19,27H,10-11,15-17H2,1H3,(H,31,33). The fourth-order valence-electron chi connectivity index (χ4n) is 4.87. The van der Waals surface area contributed by atoms with Gasteiger partial charge in [0.2, 0.25) is 10.0 Å². The van der Waals surface area contributed by atoms with Crippen LogP contribution in [0.2, 0.25) is 5.02 Å². The Morgan fingerprint density at radius 1 is 1.08 bits per heavy atom. The van der Waals surface area contributed by atoms with E-state index in [1.807, 2.05) is 41.1 Å². The summed E-state index contributed by atoms with van der Waals surface area (Å²) in [6.07, 6.45) is 2.70. The van der Waals surface area contributed by atoms with Crippen LogP contribution in [0.1, 0.15) is 51.8 Å². The van der Waals surface area contributed by atoms with Gasteiger partial charge in [0, 0.05) is 30.1 Å². The smallest absolute Gasteiger partial charge is 0.267 e. The number of hydrogen-bond acceptors (Lipinski definition) is 5. The number of likely N-dealkylation sites (tertiary alicyclic amines) is 1. The summed E-state index contributed by atoms with van der Waals surface area (Å²) in [7, 11) is -3.80. The van der Waals surface area contributed by atoms with Gasteiger partial charge < -0.3 is 4.74 Å². The number of benzene rings is 3. The molecule has 5 rings (SSSR count). The minimum absolute atomic E-state index is 0.0725. The summed E-state index contributed by atoms with van der Waals surface area (Å²) in [5, 5.41) is 0.696. The van der Waals surface area contributed by atoms with Gasteiger partial charge in [-0.25, -0.2) is 17.5 Å². The molecule has 2 fully saturated rings. The van der Waals surface area contributed by atoms with Crippen molar-refractivity contribution in [2.45, 2.75) is 24.8 Å². The lowest BCUT2D eigenvalue weighted by Gasteiger charge is -2.44. The highest BCUT2D eigenvalue weighted by Crippen LogP contribution is 2.45. The van der Waals surface area contributed by atoms with E-state index >= 15 is 0 Å². The van der Waals surface area contributed by atoms with Gasteiger partial charge in [-0.05, 0) is 53.6 Å². The molecule has 2 aliphatic rings. The van der Waals surface area contributed by atoms with Crippen molar-refractivity contribution < 1.29 is 22.3 Å². The molecule has 1 aliphatic heterocycles. The van der Waals surface area contributed by atoms with E-state index in [-0.39, 0.29) is 23.4 Å². The molecular formula is C28H28ClFN2O4S. The zero-order valence-electron chi connectivity index (χ0n) is 20.4. The van der Waals surface area contributed by atoms with Crippen LogP contribution in [-0.4, -0.2) is 45.2 Å². The van der Waals surface area contributed by atoms with Crippen LogP contribution in [0.5, 0.6) is 5.75 Å². The highest BCUT2D eigenvalue weighted by Gasteiger charge is 2.35. The van der Waals surface area contributed by atoms with Gasteiger partial charge >= 0.3 is 0 Å². The molecule has 1 amide bonds. The van der Waals surface area contributed by atoms with Crippen LogP contribution in [-0.2, 0) is 10.0 Å². The number of halogens is 2. The molecule has 0 spiro atoms. The fourth-order valence-corrected chi connectivity index (χ4v) is 5.51. The van der Waals surface area contributed by atoms with Gasteiger partial charge in [-0.3, -0.25) is 9.69 Å². The van der Waals surface area contributed by atoms with Crippen LogP contribution in [0.15, 0.2) is 66.7 Å². The van der Waals surface area contributed by atoms with E-state index < -0.39 is 21.7 Å². The number of carbonyl (C=O) groups excluding carboxylic acids is 1. The van der Waals surface area contributed by atoms with Gasteiger partial charge in [0.1, 0.15) is 11.6 Å². The van der Waals surface area contributed by atoms with E-state index in [4.69, 9.17) is 16.3 Å². The number of nitrogens with one attached hydrogen (secondary N) is 1. The van der Waals surface area contributed by atoms with Gasteiger partial charge in [-0.2, -0.15) is 0 Å². The molecule has 0 radical (unpaired) electrons. The summed E-state index contributed by atoms with van der Waals surface area (Å²) in [5.41, 5.74) is 2.77. The Balaban J connectivity index is 1.28. The molecule has 194 valence electrons. The Morgan fingerprint density at radius 2 is 1.78 bits per heavy atom. The third-order valence-electron chi connectivity index (χ3n) is 6.74. The summed E-state index contributed by atoms with van der Waals surface area (Å²) >= 11 is 6.28. The number of amides is 1. The maximum Gasteiger partial charge on any atom is 0.267 e. The first-order valence-electron chi connectivity index (χ1n) is 12.2. The van der Waals surface area contributed by atoms with Crippen molar-refractivity contribution in [2.24, 2.45) is 5.92 Å². The van der Waals surface area contributed by atoms with Crippen LogP contribution in [0.25, 0.3) is 0 Å². The van der Waals surface area contributed by atoms with Gasteiger partial charge in [-0.15, -0.1) is 0 Å². The monoisotopic (exact) mass is 542 g/mol. The fraction of sp³-hybridized carbons (Fsp3) is 0.321. The lowest BCUT2D eigenvalue weighted by molar-refractivity contribution is 0.0375. The van der Waals surface area contributed by atoms with Crippen molar-refractivity contribution in [3.63, 3.8) is 0 Å². The molecule has 0 bridgehead atoms. The highest BCUT2D eigenvalue weighted by atomic mass is 35.5. The quantitative estimate of drug-likeness (QED) is 0.405. The van der Waals surface area contributed by atoms with Crippen LogP contribution in [0.3, 0.4) is 0 Å². The summed E-state index contributed by atoms with van der Waals surface area (Å²) in [4.78, 5) is 14.7. The first kappa shape index (κ1) is 25.7. The second-order valence-electron chi connectivity index (χ2n) is 9.85. The number of rotatable bonds is 9. The van der Waals surface area contributed by atoms with Crippen LogP contribution < -0.4 is 9.46 Å². The summed E-state index contributed by atoms with van der Waals surface area (Å²) in [5.74, 6) is -0.918. The first-order chi connectivity index (χ1) is 17.7. The first-order valence-corrected chi connectivity index (χ1v) is 14.5. The van der Waals surface area contributed by atoms with E-state index in [0.717, 1.165) is 43.3 Å². The molecule has 1 atom stereocenters.